The van der Waals surface area contributed by atoms with Crippen LogP contribution in [-0.4, -0.2) is 35.5 Å². The summed E-state index contributed by atoms with van der Waals surface area (Å²) in [4.78, 5) is 36.2. The molecule has 28 heavy (non-hydrogen) atoms. The van der Waals surface area contributed by atoms with Crippen molar-refractivity contribution in [2.45, 2.75) is 71.9 Å². The highest BCUT2D eigenvalue weighted by Gasteiger charge is 2.25. The Morgan fingerprint density at radius 1 is 0.857 bits per heavy atom. The topological polar surface area (TPSA) is 103 Å². The van der Waals surface area contributed by atoms with Crippen molar-refractivity contribution < 1.29 is 28.6 Å². The molecule has 0 radical (unpaired) electrons. The van der Waals surface area contributed by atoms with Gasteiger partial charge in [-0.25, -0.2) is 9.59 Å². The fourth-order valence-corrected chi connectivity index (χ4v) is 2.04. The second-order valence-electron chi connectivity index (χ2n) is 8.20. The molecule has 2 amide bonds. The Labute approximate surface area is 165 Å². The predicted molar refractivity (Wildman–Crippen MR) is 103 cm³/mol. The Bertz CT molecular complexity index is 632. The summed E-state index contributed by atoms with van der Waals surface area (Å²) in [6, 6.07) is 9.12. The van der Waals surface area contributed by atoms with E-state index in [9.17, 15) is 14.4 Å². The van der Waals surface area contributed by atoms with Crippen LogP contribution in [-0.2, 0) is 25.6 Å². The zero-order valence-corrected chi connectivity index (χ0v) is 17.3. The molecule has 0 spiro atoms. The van der Waals surface area contributed by atoms with E-state index in [2.05, 4.69) is 10.6 Å². The van der Waals surface area contributed by atoms with Gasteiger partial charge in [-0.15, -0.1) is 0 Å². The van der Waals surface area contributed by atoms with Gasteiger partial charge in [0, 0.05) is 0 Å². The largest absolute Gasteiger partial charge is 0.460 e. The number of alkyl carbamates (subject to hydrolysis) is 2. The molecule has 1 aromatic carbocycles. The summed E-state index contributed by atoms with van der Waals surface area (Å²) in [6.07, 6.45) is -2.89. The molecule has 2 N–H and O–H groups in total. The molecule has 0 aliphatic heterocycles. The highest BCUT2D eigenvalue weighted by molar-refractivity contribution is 5.75. The van der Waals surface area contributed by atoms with Crippen LogP contribution in [0.15, 0.2) is 30.3 Å². The van der Waals surface area contributed by atoms with Crippen LogP contribution in [0.3, 0.4) is 0 Å². The number of rotatable bonds is 6. The molecule has 0 saturated heterocycles. The number of ether oxygens (including phenoxy) is 3. The minimum atomic E-state index is -1.05. The van der Waals surface area contributed by atoms with E-state index in [4.69, 9.17) is 14.2 Å². The maximum absolute atomic E-state index is 12.1. The quantitative estimate of drug-likeness (QED) is 0.435. The number of hydrogen-bond donors (Lipinski definition) is 2. The lowest BCUT2D eigenvalue weighted by Gasteiger charge is -2.25. The third-order valence-corrected chi connectivity index (χ3v) is 2.99. The van der Waals surface area contributed by atoms with Crippen LogP contribution in [0.5, 0.6) is 0 Å². The molecule has 0 unspecified atom stereocenters. The normalized spacial score (nSPS) is 12.5. The fourth-order valence-electron chi connectivity index (χ4n) is 2.04. The first kappa shape index (κ1) is 23.3. The first-order valence-corrected chi connectivity index (χ1v) is 9.03. The molecule has 156 valence electrons. The molecular weight excluding hydrogens is 364 g/mol. The Hall–Kier alpha value is -2.77. The van der Waals surface area contributed by atoms with E-state index in [0.29, 0.717) is 0 Å². The van der Waals surface area contributed by atoms with Crippen molar-refractivity contribution >= 4 is 18.2 Å². The van der Waals surface area contributed by atoms with Crippen molar-refractivity contribution in [3.05, 3.63) is 35.9 Å². The Morgan fingerprint density at radius 3 is 1.93 bits per heavy atom. The van der Waals surface area contributed by atoms with E-state index in [1.54, 1.807) is 41.5 Å². The lowest BCUT2D eigenvalue weighted by Crippen LogP contribution is -2.50. The van der Waals surface area contributed by atoms with Gasteiger partial charge in [0.25, 0.3) is 0 Å². The molecule has 0 aliphatic rings. The molecule has 1 atom stereocenters. The van der Waals surface area contributed by atoms with Crippen LogP contribution in [0.1, 0.15) is 53.5 Å². The van der Waals surface area contributed by atoms with Crippen molar-refractivity contribution in [1.82, 2.24) is 10.6 Å². The molecule has 0 bridgehead atoms. The summed E-state index contributed by atoms with van der Waals surface area (Å²) in [7, 11) is 0. The summed E-state index contributed by atoms with van der Waals surface area (Å²) < 4.78 is 15.5. The highest BCUT2D eigenvalue weighted by atomic mass is 16.6. The summed E-state index contributed by atoms with van der Waals surface area (Å²) >= 11 is 0. The second-order valence-corrected chi connectivity index (χ2v) is 8.20. The van der Waals surface area contributed by atoms with E-state index in [1.165, 1.54) is 0 Å². The molecule has 1 aromatic rings. The molecule has 0 aromatic heterocycles. The number of amides is 2. The van der Waals surface area contributed by atoms with Gasteiger partial charge in [0.2, 0.25) is 0 Å². The predicted octanol–water partition coefficient (Wildman–Crippen LogP) is 3.50. The van der Waals surface area contributed by atoms with Gasteiger partial charge in [-0.2, -0.15) is 0 Å². The maximum atomic E-state index is 12.1. The number of nitrogens with one attached hydrogen (secondary N) is 2. The monoisotopic (exact) mass is 394 g/mol. The van der Waals surface area contributed by atoms with Crippen LogP contribution in [0.25, 0.3) is 0 Å². The average Bonchev–Trinajstić information content (AvgIpc) is 2.50. The molecule has 0 aliphatic carbocycles. The van der Waals surface area contributed by atoms with Gasteiger partial charge in [0.15, 0.2) is 0 Å². The minimum absolute atomic E-state index is 0.0538. The maximum Gasteiger partial charge on any atom is 0.409 e. The molecule has 8 nitrogen and oxygen atoms in total. The number of carbonyl (C=O) groups excluding carboxylic acids is 3. The summed E-state index contributed by atoms with van der Waals surface area (Å²) in [5, 5.41) is 4.89. The molecule has 8 heteroatoms. The zero-order valence-electron chi connectivity index (χ0n) is 17.3. The minimum Gasteiger partial charge on any atom is -0.460 e. The molecule has 1 rings (SSSR count). The van der Waals surface area contributed by atoms with Crippen LogP contribution < -0.4 is 10.6 Å². The SMILES string of the molecule is CC(C)(C)OC(=O)C[C@H](NC(=O)OCc1ccccc1)NC(=O)OC(C)(C)C. The van der Waals surface area contributed by atoms with Gasteiger partial charge in [0.05, 0.1) is 6.42 Å². The van der Waals surface area contributed by atoms with Gasteiger partial charge >= 0.3 is 18.2 Å². The van der Waals surface area contributed by atoms with Crippen molar-refractivity contribution in [3.63, 3.8) is 0 Å². The molecule has 0 fully saturated rings. The van der Waals surface area contributed by atoms with E-state index in [0.717, 1.165) is 5.56 Å². The van der Waals surface area contributed by atoms with Crippen molar-refractivity contribution in [1.29, 1.82) is 0 Å². The number of carbonyl (C=O) groups is 3. The average molecular weight is 394 g/mol. The van der Waals surface area contributed by atoms with Crippen LogP contribution in [0.2, 0.25) is 0 Å². The molecular formula is C20H30N2O6. The van der Waals surface area contributed by atoms with Gasteiger partial charge in [-0.3, -0.25) is 4.79 Å². The van der Waals surface area contributed by atoms with E-state index in [1.807, 2.05) is 30.3 Å². The van der Waals surface area contributed by atoms with Gasteiger partial charge in [-0.05, 0) is 47.1 Å². The fraction of sp³-hybridized carbons (Fsp3) is 0.550. The van der Waals surface area contributed by atoms with E-state index >= 15 is 0 Å². The zero-order chi connectivity index (χ0) is 21.4. The first-order valence-electron chi connectivity index (χ1n) is 9.03. The standard InChI is InChI=1S/C20H30N2O6/c1-19(2,3)27-16(23)12-15(22-18(25)28-20(4,5)6)21-17(24)26-13-14-10-8-7-9-11-14/h7-11,15H,12-13H2,1-6H3,(H,21,24)(H,22,25)/t15-/m1/s1. The number of esters is 1. The Morgan fingerprint density at radius 2 is 1.39 bits per heavy atom. The van der Waals surface area contributed by atoms with Crippen molar-refractivity contribution in [3.8, 4) is 0 Å². The molecule has 0 saturated carbocycles. The number of benzene rings is 1. The third-order valence-electron chi connectivity index (χ3n) is 2.99. The van der Waals surface area contributed by atoms with Gasteiger partial charge in [0.1, 0.15) is 24.0 Å². The lowest BCUT2D eigenvalue weighted by atomic mass is 10.2. The van der Waals surface area contributed by atoms with Crippen LogP contribution in [0, 0.1) is 0 Å². The van der Waals surface area contributed by atoms with Crippen molar-refractivity contribution in [2.75, 3.05) is 0 Å². The summed E-state index contributed by atoms with van der Waals surface area (Å²) in [5.41, 5.74) is -0.614. The first-order chi connectivity index (χ1) is 12.8. The van der Waals surface area contributed by atoms with Crippen LogP contribution >= 0.6 is 0 Å². The lowest BCUT2D eigenvalue weighted by molar-refractivity contribution is -0.155. The molecule has 0 heterocycles. The van der Waals surface area contributed by atoms with E-state index in [-0.39, 0.29) is 13.0 Å². The smallest absolute Gasteiger partial charge is 0.409 e. The number of hydrogen-bond acceptors (Lipinski definition) is 6. The third kappa shape index (κ3) is 11.1. The second kappa shape index (κ2) is 9.96. The highest BCUT2D eigenvalue weighted by Crippen LogP contribution is 2.10. The summed E-state index contributed by atoms with van der Waals surface area (Å²) in [5.74, 6) is -0.586. The van der Waals surface area contributed by atoms with Gasteiger partial charge < -0.3 is 24.8 Å². The Kier molecular flexibility index (Phi) is 8.28. The van der Waals surface area contributed by atoms with E-state index < -0.39 is 35.5 Å². The van der Waals surface area contributed by atoms with Crippen molar-refractivity contribution in [2.24, 2.45) is 0 Å². The van der Waals surface area contributed by atoms with Gasteiger partial charge in [-0.1, -0.05) is 30.3 Å². The Balaban J connectivity index is 2.68. The van der Waals surface area contributed by atoms with Crippen LogP contribution in [0.4, 0.5) is 9.59 Å². The summed E-state index contributed by atoms with van der Waals surface area (Å²) in [6.45, 7) is 10.3.